The van der Waals surface area contributed by atoms with E-state index in [1.807, 2.05) is 20.2 Å². The molecule has 0 atom stereocenters. The maximum atomic E-state index is 4.74. The van der Waals surface area contributed by atoms with Gasteiger partial charge in [0, 0.05) is 50.0 Å². The Morgan fingerprint density at radius 3 is 2.59 bits per heavy atom. The minimum Gasteiger partial charge on any atom is -0.378 e. The highest BCUT2D eigenvalue weighted by molar-refractivity contribution is 7.13. The fraction of sp³-hybridized carbons (Fsp3) is 0.350. The van der Waals surface area contributed by atoms with Gasteiger partial charge in [-0.1, -0.05) is 12.1 Å². The van der Waals surface area contributed by atoms with Crippen molar-refractivity contribution in [2.45, 2.75) is 19.4 Å². The highest BCUT2D eigenvalue weighted by Crippen LogP contribution is 2.25. The second-order valence-corrected chi connectivity index (χ2v) is 7.71. The van der Waals surface area contributed by atoms with Crippen LogP contribution in [0.1, 0.15) is 18.5 Å². The molecule has 0 saturated carbocycles. The first kappa shape index (κ1) is 17.7. The molecule has 0 spiro atoms. The molecule has 0 bridgehead atoms. The van der Waals surface area contributed by atoms with E-state index >= 15 is 0 Å². The lowest BCUT2D eigenvalue weighted by molar-refractivity contribution is 0.938. The predicted molar refractivity (Wildman–Crippen MR) is 113 cm³/mol. The first-order valence-electron chi connectivity index (χ1n) is 9.23. The minimum absolute atomic E-state index is 0.625. The maximum absolute atomic E-state index is 4.74. The van der Waals surface area contributed by atoms with Crippen LogP contribution in [0.3, 0.4) is 0 Å². The summed E-state index contributed by atoms with van der Waals surface area (Å²) in [6.07, 6.45) is 4.33. The van der Waals surface area contributed by atoms with Crippen LogP contribution < -0.4 is 15.1 Å². The standard InChI is InChI=1S/C20H24N6S/c1-25(2)17-7-5-15(6-8-17)18-9-10-21-19(24-18)22-13-16-14-27-20(23-16)26-11-3-4-12-26/h5-10,14H,3-4,11-13H2,1-2H3,(H,21,22,24). The van der Waals surface area contributed by atoms with E-state index in [0.29, 0.717) is 12.5 Å². The molecule has 140 valence electrons. The normalized spacial score (nSPS) is 13.8. The molecule has 3 aromatic rings. The zero-order valence-corrected chi connectivity index (χ0v) is 16.5. The van der Waals surface area contributed by atoms with Crippen LogP contribution in [0.25, 0.3) is 11.3 Å². The maximum Gasteiger partial charge on any atom is 0.223 e. The van der Waals surface area contributed by atoms with E-state index in [-0.39, 0.29) is 0 Å². The van der Waals surface area contributed by atoms with Gasteiger partial charge in [-0.25, -0.2) is 15.0 Å². The van der Waals surface area contributed by atoms with Gasteiger partial charge < -0.3 is 15.1 Å². The molecule has 0 radical (unpaired) electrons. The molecule has 0 aliphatic carbocycles. The Labute approximate surface area is 163 Å². The summed E-state index contributed by atoms with van der Waals surface area (Å²) in [5.74, 6) is 0.625. The van der Waals surface area contributed by atoms with Gasteiger partial charge in [0.15, 0.2) is 5.13 Å². The Morgan fingerprint density at radius 2 is 1.85 bits per heavy atom. The second kappa shape index (κ2) is 7.92. The highest BCUT2D eigenvalue weighted by Gasteiger charge is 2.15. The van der Waals surface area contributed by atoms with Crippen LogP contribution in [-0.2, 0) is 6.54 Å². The summed E-state index contributed by atoms with van der Waals surface area (Å²) in [6, 6.07) is 10.3. The van der Waals surface area contributed by atoms with Gasteiger partial charge >= 0.3 is 0 Å². The molecule has 1 N–H and O–H groups in total. The molecule has 3 heterocycles. The van der Waals surface area contributed by atoms with E-state index in [0.717, 1.165) is 35.2 Å². The van der Waals surface area contributed by atoms with Crippen LogP contribution in [0.5, 0.6) is 0 Å². The van der Waals surface area contributed by atoms with Crippen molar-refractivity contribution in [2.24, 2.45) is 0 Å². The molecule has 1 aromatic carbocycles. The van der Waals surface area contributed by atoms with Crippen molar-refractivity contribution in [3.8, 4) is 11.3 Å². The number of rotatable bonds is 6. The lowest BCUT2D eigenvalue weighted by Gasteiger charge is -2.13. The minimum atomic E-state index is 0.625. The topological polar surface area (TPSA) is 57.2 Å². The molecule has 1 aliphatic rings. The summed E-state index contributed by atoms with van der Waals surface area (Å²) in [5, 5.41) is 6.54. The van der Waals surface area contributed by atoms with Crippen molar-refractivity contribution in [1.82, 2.24) is 15.0 Å². The average molecular weight is 381 g/mol. The molecular formula is C20H24N6S. The number of nitrogens with one attached hydrogen (secondary N) is 1. The zero-order valence-electron chi connectivity index (χ0n) is 15.7. The summed E-state index contributed by atoms with van der Waals surface area (Å²) in [5.41, 5.74) is 4.19. The molecule has 1 saturated heterocycles. The van der Waals surface area contributed by atoms with Gasteiger partial charge in [-0.2, -0.15) is 0 Å². The monoisotopic (exact) mass is 380 g/mol. The van der Waals surface area contributed by atoms with Gasteiger partial charge in [0.2, 0.25) is 5.95 Å². The molecule has 4 rings (SSSR count). The van der Waals surface area contributed by atoms with Crippen LogP contribution >= 0.6 is 11.3 Å². The van der Waals surface area contributed by atoms with E-state index in [1.165, 1.54) is 18.5 Å². The van der Waals surface area contributed by atoms with Crippen molar-refractivity contribution in [1.29, 1.82) is 0 Å². The predicted octanol–water partition coefficient (Wildman–Crippen LogP) is 3.88. The molecule has 2 aromatic heterocycles. The smallest absolute Gasteiger partial charge is 0.223 e. The number of benzene rings is 1. The third-order valence-corrected chi connectivity index (χ3v) is 5.63. The van der Waals surface area contributed by atoms with Gasteiger partial charge in [0.1, 0.15) is 0 Å². The fourth-order valence-electron chi connectivity index (χ4n) is 3.14. The van der Waals surface area contributed by atoms with Crippen LogP contribution in [0.2, 0.25) is 0 Å². The van der Waals surface area contributed by atoms with Gasteiger partial charge in [0.25, 0.3) is 0 Å². The molecule has 6 nitrogen and oxygen atoms in total. The summed E-state index contributed by atoms with van der Waals surface area (Å²) in [6.45, 7) is 2.88. The van der Waals surface area contributed by atoms with Gasteiger partial charge in [-0.3, -0.25) is 0 Å². The van der Waals surface area contributed by atoms with Crippen molar-refractivity contribution >= 4 is 28.1 Å². The SMILES string of the molecule is CN(C)c1ccc(-c2ccnc(NCc3csc(N4CCCC4)n3)n2)cc1. The molecule has 0 amide bonds. The fourth-order valence-corrected chi connectivity index (χ4v) is 4.01. The Hall–Kier alpha value is -2.67. The van der Waals surface area contributed by atoms with Crippen LogP contribution in [-0.4, -0.2) is 42.1 Å². The summed E-state index contributed by atoms with van der Waals surface area (Å²) < 4.78 is 0. The third-order valence-electron chi connectivity index (χ3n) is 4.68. The zero-order chi connectivity index (χ0) is 18.6. The number of nitrogens with zero attached hydrogens (tertiary/aromatic N) is 5. The Balaban J connectivity index is 1.42. The Morgan fingerprint density at radius 1 is 1.07 bits per heavy atom. The van der Waals surface area contributed by atoms with Crippen molar-refractivity contribution in [3.05, 3.63) is 47.6 Å². The van der Waals surface area contributed by atoms with Gasteiger partial charge in [0.05, 0.1) is 17.9 Å². The van der Waals surface area contributed by atoms with E-state index in [9.17, 15) is 0 Å². The number of hydrogen-bond acceptors (Lipinski definition) is 7. The molecule has 1 aliphatic heterocycles. The van der Waals surface area contributed by atoms with E-state index in [2.05, 4.69) is 54.7 Å². The first-order chi connectivity index (χ1) is 13.2. The average Bonchev–Trinajstić information content (AvgIpc) is 3.38. The highest BCUT2D eigenvalue weighted by atomic mass is 32.1. The number of anilines is 3. The molecule has 1 fully saturated rings. The quantitative estimate of drug-likeness (QED) is 0.700. The summed E-state index contributed by atoms with van der Waals surface area (Å²) >= 11 is 1.72. The van der Waals surface area contributed by atoms with Crippen LogP contribution in [0, 0.1) is 0 Å². The van der Waals surface area contributed by atoms with Crippen LogP contribution in [0.4, 0.5) is 16.8 Å². The number of hydrogen-bond donors (Lipinski definition) is 1. The first-order valence-corrected chi connectivity index (χ1v) is 10.1. The molecular weight excluding hydrogens is 356 g/mol. The molecule has 0 unspecified atom stereocenters. The number of thiazole rings is 1. The summed E-state index contributed by atoms with van der Waals surface area (Å²) in [7, 11) is 4.07. The van der Waals surface area contributed by atoms with E-state index in [1.54, 1.807) is 17.5 Å². The van der Waals surface area contributed by atoms with Crippen molar-refractivity contribution in [2.75, 3.05) is 42.3 Å². The van der Waals surface area contributed by atoms with Crippen molar-refractivity contribution < 1.29 is 0 Å². The lowest BCUT2D eigenvalue weighted by atomic mass is 10.1. The Kier molecular flexibility index (Phi) is 5.20. The van der Waals surface area contributed by atoms with Crippen molar-refractivity contribution in [3.63, 3.8) is 0 Å². The Bertz CT molecular complexity index is 883. The van der Waals surface area contributed by atoms with E-state index in [4.69, 9.17) is 4.98 Å². The number of aromatic nitrogens is 3. The van der Waals surface area contributed by atoms with Gasteiger partial charge in [-0.15, -0.1) is 11.3 Å². The largest absolute Gasteiger partial charge is 0.378 e. The summed E-state index contributed by atoms with van der Waals surface area (Å²) in [4.78, 5) is 18.2. The molecule has 27 heavy (non-hydrogen) atoms. The van der Waals surface area contributed by atoms with Crippen LogP contribution in [0.15, 0.2) is 41.9 Å². The second-order valence-electron chi connectivity index (χ2n) is 6.88. The molecule has 7 heteroatoms. The van der Waals surface area contributed by atoms with Gasteiger partial charge in [-0.05, 0) is 31.0 Å². The lowest BCUT2D eigenvalue weighted by Crippen LogP contribution is -2.17. The van der Waals surface area contributed by atoms with E-state index < -0.39 is 0 Å². The third kappa shape index (κ3) is 4.19.